The van der Waals surface area contributed by atoms with Crippen LogP contribution >= 0.6 is 0 Å². The Hall–Kier alpha value is -1.51. The van der Waals surface area contributed by atoms with Crippen LogP contribution in [0.2, 0.25) is 0 Å². The number of ether oxygens (including phenoxy) is 1. The van der Waals surface area contributed by atoms with Gasteiger partial charge in [0, 0.05) is 0 Å². The molecule has 1 unspecified atom stereocenters. The number of alkyl carbamates (subject to hydrolysis) is 1. The molecule has 0 saturated carbocycles. The van der Waals surface area contributed by atoms with E-state index in [9.17, 15) is 4.79 Å². The number of amides is 1. The lowest BCUT2D eigenvalue weighted by molar-refractivity contribution is 0.0498. The molecule has 19 heavy (non-hydrogen) atoms. The number of carbonyl (C=O) groups is 1. The summed E-state index contributed by atoms with van der Waals surface area (Å²) >= 11 is 0. The van der Waals surface area contributed by atoms with Crippen LogP contribution in [0.25, 0.3) is 0 Å². The highest BCUT2D eigenvalue weighted by atomic mass is 16.6. The van der Waals surface area contributed by atoms with Gasteiger partial charge in [0.2, 0.25) is 0 Å². The number of hydrogen-bond acceptors (Lipinski definition) is 2. The van der Waals surface area contributed by atoms with Crippen LogP contribution < -0.4 is 5.32 Å². The van der Waals surface area contributed by atoms with Crippen molar-refractivity contribution in [3.8, 4) is 0 Å². The average Bonchev–Trinajstić information content (AvgIpc) is 2.26. The molecular formula is C16H23NO2. The highest BCUT2D eigenvalue weighted by molar-refractivity contribution is 5.68. The summed E-state index contributed by atoms with van der Waals surface area (Å²) in [7, 11) is 0. The lowest BCUT2D eigenvalue weighted by atomic mass is 9.87. The molecule has 0 aliphatic heterocycles. The van der Waals surface area contributed by atoms with E-state index >= 15 is 0 Å². The van der Waals surface area contributed by atoms with E-state index in [4.69, 9.17) is 4.74 Å². The Balaban J connectivity index is 2.09. The van der Waals surface area contributed by atoms with E-state index in [-0.39, 0.29) is 12.1 Å². The lowest BCUT2D eigenvalue weighted by Gasteiger charge is -2.28. The molecule has 3 heteroatoms. The van der Waals surface area contributed by atoms with E-state index in [0.717, 1.165) is 19.3 Å². The van der Waals surface area contributed by atoms with Gasteiger partial charge >= 0.3 is 6.09 Å². The normalized spacial score (nSPS) is 18.6. The first-order valence-corrected chi connectivity index (χ1v) is 6.94. The van der Waals surface area contributed by atoms with E-state index in [0.29, 0.717) is 0 Å². The first-order chi connectivity index (χ1) is 8.85. The fourth-order valence-electron chi connectivity index (χ4n) is 2.54. The Morgan fingerprint density at radius 1 is 1.37 bits per heavy atom. The third-order valence-corrected chi connectivity index (χ3v) is 3.30. The van der Waals surface area contributed by atoms with E-state index in [1.54, 1.807) is 0 Å². The van der Waals surface area contributed by atoms with Crippen LogP contribution in [0.15, 0.2) is 18.2 Å². The maximum Gasteiger partial charge on any atom is 0.408 e. The van der Waals surface area contributed by atoms with Crippen molar-refractivity contribution in [3.05, 3.63) is 34.9 Å². The van der Waals surface area contributed by atoms with Crippen molar-refractivity contribution in [3.63, 3.8) is 0 Å². The standard InChI is InChI=1S/C16H23NO2/c1-11-8-9-13-12(10-11)6-5-7-14(13)17-15(18)19-16(2,3)4/h8-10,14H,5-7H2,1-4H3,(H,17,18). The fourth-order valence-corrected chi connectivity index (χ4v) is 2.54. The summed E-state index contributed by atoms with van der Waals surface area (Å²) in [6.07, 6.45) is 2.86. The molecule has 1 aromatic rings. The third-order valence-electron chi connectivity index (χ3n) is 3.30. The highest BCUT2D eigenvalue weighted by Gasteiger charge is 2.24. The quantitative estimate of drug-likeness (QED) is 0.832. The van der Waals surface area contributed by atoms with Crippen molar-refractivity contribution < 1.29 is 9.53 Å². The largest absolute Gasteiger partial charge is 0.444 e. The van der Waals surface area contributed by atoms with Gasteiger partial charge in [0.25, 0.3) is 0 Å². The summed E-state index contributed by atoms with van der Waals surface area (Å²) in [5.41, 5.74) is 3.42. The molecule has 1 aliphatic carbocycles. The zero-order valence-corrected chi connectivity index (χ0v) is 12.2. The number of carbonyl (C=O) groups excluding carboxylic acids is 1. The maximum absolute atomic E-state index is 11.9. The fraction of sp³-hybridized carbons (Fsp3) is 0.562. The second kappa shape index (κ2) is 5.24. The minimum atomic E-state index is -0.450. The molecule has 1 N–H and O–H groups in total. The maximum atomic E-state index is 11.9. The summed E-state index contributed by atoms with van der Waals surface area (Å²) in [5.74, 6) is 0. The van der Waals surface area contributed by atoms with Crippen molar-refractivity contribution in [2.75, 3.05) is 0 Å². The molecule has 1 aliphatic rings. The second-order valence-electron chi connectivity index (χ2n) is 6.29. The topological polar surface area (TPSA) is 38.3 Å². The molecule has 0 saturated heterocycles. The van der Waals surface area contributed by atoms with Gasteiger partial charge in [-0.05, 0) is 58.1 Å². The van der Waals surface area contributed by atoms with Gasteiger partial charge < -0.3 is 10.1 Å². The monoisotopic (exact) mass is 261 g/mol. The molecule has 0 aromatic heterocycles. The summed E-state index contributed by atoms with van der Waals surface area (Å²) in [6.45, 7) is 7.74. The highest BCUT2D eigenvalue weighted by Crippen LogP contribution is 2.30. The van der Waals surface area contributed by atoms with Crippen LogP contribution in [-0.2, 0) is 11.2 Å². The van der Waals surface area contributed by atoms with Gasteiger partial charge in [0.1, 0.15) is 5.60 Å². The smallest absolute Gasteiger partial charge is 0.408 e. The summed E-state index contributed by atoms with van der Waals surface area (Å²) in [5, 5.41) is 2.99. The molecule has 1 atom stereocenters. The van der Waals surface area contributed by atoms with Crippen LogP contribution in [0.4, 0.5) is 4.79 Å². The van der Waals surface area contributed by atoms with Crippen molar-refractivity contribution in [2.45, 2.75) is 58.6 Å². The number of nitrogens with one attached hydrogen (secondary N) is 1. The summed E-state index contributed by atoms with van der Waals surface area (Å²) in [6, 6.07) is 6.54. The first-order valence-electron chi connectivity index (χ1n) is 6.94. The van der Waals surface area contributed by atoms with Crippen molar-refractivity contribution >= 4 is 6.09 Å². The van der Waals surface area contributed by atoms with Crippen LogP contribution in [0.1, 0.15) is 56.3 Å². The molecular weight excluding hydrogens is 238 g/mol. The van der Waals surface area contributed by atoms with E-state index in [1.807, 2.05) is 20.8 Å². The van der Waals surface area contributed by atoms with Gasteiger partial charge in [-0.1, -0.05) is 23.8 Å². The molecule has 1 aromatic carbocycles. The molecule has 0 heterocycles. The minimum absolute atomic E-state index is 0.0826. The minimum Gasteiger partial charge on any atom is -0.444 e. The van der Waals surface area contributed by atoms with Crippen molar-refractivity contribution in [1.29, 1.82) is 0 Å². The van der Waals surface area contributed by atoms with Gasteiger partial charge in [0.05, 0.1) is 6.04 Å². The van der Waals surface area contributed by atoms with Crippen LogP contribution in [0.3, 0.4) is 0 Å². The number of hydrogen-bond donors (Lipinski definition) is 1. The Bertz CT molecular complexity index is 474. The molecule has 104 valence electrons. The van der Waals surface area contributed by atoms with Gasteiger partial charge in [-0.2, -0.15) is 0 Å². The van der Waals surface area contributed by atoms with Crippen LogP contribution in [0, 0.1) is 6.92 Å². The Kier molecular flexibility index (Phi) is 3.83. The molecule has 0 radical (unpaired) electrons. The van der Waals surface area contributed by atoms with Gasteiger partial charge in [0.15, 0.2) is 0 Å². The summed E-state index contributed by atoms with van der Waals surface area (Å²) < 4.78 is 5.33. The Morgan fingerprint density at radius 3 is 2.79 bits per heavy atom. The number of fused-ring (bicyclic) bond motifs is 1. The second-order valence-corrected chi connectivity index (χ2v) is 6.29. The Labute approximate surface area is 115 Å². The predicted molar refractivity (Wildman–Crippen MR) is 76.2 cm³/mol. The zero-order chi connectivity index (χ0) is 14.0. The van der Waals surface area contributed by atoms with Crippen LogP contribution in [-0.4, -0.2) is 11.7 Å². The van der Waals surface area contributed by atoms with E-state index < -0.39 is 5.60 Å². The molecule has 0 fully saturated rings. The lowest BCUT2D eigenvalue weighted by Crippen LogP contribution is -2.36. The molecule has 2 rings (SSSR count). The van der Waals surface area contributed by atoms with Gasteiger partial charge in [-0.3, -0.25) is 0 Å². The van der Waals surface area contributed by atoms with E-state index in [2.05, 4.69) is 30.4 Å². The van der Waals surface area contributed by atoms with Crippen LogP contribution in [0.5, 0.6) is 0 Å². The first kappa shape index (κ1) is 13.9. The number of aryl methyl sites for hydroxylation is 2. The molecule has 3 nitrogen and oxygen atoms in total. The van der Waals surface area contributed by atoms with E-state index in [1.165, 1.54) is 16.7 Å². The predicted octanol–water partition coefficient (Wildman–Crippen LogP) is 3.90. The molecule has 0 spiro atoms. The SMILES string of the molecule is Cc1ccc2c(c1)CCCC2NC(=O)OC(C)(C)C. The van der Waals surface area contributed by atoms with Gasteiger partial charge in [-0.25, -0.2) is 4.79 Å². The Morgan fingerprint density at radius 2 is 2.11 bits per heavy atom. The van der Waals surface area contributed by atoms with Gasteiger partial charge in [-0.15, -0.1) is 0 Å². The summed E-state index contributed by atoms with van der Waals surface area (Å²) in [4.78, 5) is 11.9. The molecule has 0 bridgehead atoms. The number of rotatable bonds is 1. The van der Waals surface area contributed by atoms with Crippen molar-refractivity contribution in [2.24, 2.45) is 0 Å². The third kappa shape index (κ3) is 3.72. The van der Waals surface area contributed by atoms with Crippen molar-refractivity contribution in [1.82, 2.24) is 5.32 Å². The zero-order valence-electron chi connectivity index (χ0n) is 12.2. The molecule has 1 amide bonds. The average molecular weight is 261 g/mol. The number of benzene rings is 1.